The molecule has 1 aliphatic rings. The number of rotatable bonds is 5. The van der Waals surface area contributed by atoms with Crippen molar-refractivity contribution in [1.29, 1.82) is 0 Å². The molecule has 1 aliphatic heterocycles. The Morgan fingerprint density at radius 3 is 2.52 bits per heavy atom. The summed E-state index contributed by atoms with van der Waals surface area (Å²) >= 11 is 0. The Morgan fingerprint density at radius 2 is 1.85 bits per heavy atom. The van der Waals surface area contributed by atoms with Crippen molar-refractivity contribution in [2.75, 3.05) is 31.6 Å². The van der Waals surface area contributed by atoms with Gasteiger partial charge in [-0.15, -0.1) is 0 Å². The van der Waals surface area contributed by atoms with E-state index in [1.165, 1.54) is 17.8 Å². The Morgan fingerprint density at radius 1 is 1.15 bits per heavy atom. The number of Topliss-reactive ketones (excluding diaryl/α,β-unsaturated/α-hetero) is 1. The van der Waals surface area contributed by atoms with Crippen molar-refractivity contribution < 1.29 is 19.1 Å². The fourth-order valence-corrected chi connectivity index (χ4v) is 2.90. The molecule has 8 heteroatoms. The van der Waals surface area contributed by atoms with Crippen molar-refractivity contribution in [1.82, 2.24) is 14.7 Å². The summed E-state index contributed by atoms with van der Waals surface area (Å²) < 4.78 is 6.41. The molecule has 0 aliphatic carbocycles. The van der Waals surface area contributed by atoms with Crippen LogP contribution in [0.5, 0.6) is 0 Å². The van der Waals surface area contributed by atoms with Gasteiger partial charge in [0.1, 0.15) is 11.7 Å². The number of morpholine rings is 1. The topological polar surface area (TPSA) is 93.5 Å². The van der Waals surface area contributed by atoms with Crippen molar-refractivity contribution in [3.8, 4) is 0 Å². The van der Waals surface area contributed by atoms with Gasteiger partial charge in [-0.2, -0.15) is 9.78 Å². The first-order valence-electron chi connectivity index (χ1n) is 8.82. The van der Waals surface area contributed by atoms with Crippen LogP contribution in [-0.2, 0) is 20.7 Å². The second kappa shape index (κ2) is 8.59. The van der Waals surface area contributed by atoms with Crippen molar-refractivity contribution in [3.05, 3.63) is 48.3 Å². The van der Waals surface area contributed by atoms with Crippen LogP contribution in [-0.4, -0.2) is 58.7 Å². The predicted molar refractivity (Wildman–Crippen MR) is 98.4 cm³/mol. The molecule has 3 rings (SSSR count). The van der Waals surface area contributed by atoms with Crippen LogP contribution in [0, 0.1) is 5.92 Å². The fourth-order valence-electron chi connectivity index (χ4n) is 2.90. The highest BCUT2D eigenvalue weighted by atomic mass is 16.5. The number of hydrogen-bond donors (Lipinski definition) is 1. The van der Waals surface area contributed by atoms with E-state index in [1.807, 2.05) is 18.2 Å². The summed E-state index contributed by atoms with van der Waals surface area (Å²) in [5.41, 5.74) is 1.17. The SMILES string of the molecule is CC(=O)C(Cc1ccn(C(=O)Nc2ccccc2)n1)C(=O)N1CCOCC1. The van der Waals surface area contributed by atoms with Gasteiger partial charge in [0.25, 0.3) is 0 Å². The van der Waals surface area contributed by atoms with Crippen molar-refractivity contribution in [3.63, 3.8) is 0 Å². The summed E-state index contributed by atoms with van der Waals surface area (Å²) in [5.74, 6) is -1.23. The molecule has 142 valence electrons. The maximum Gasteiger partial charge on any atom is 0.346 e. The van der Waals surface area contributed by atoms with Crippen molar-refractivity contribution in [2.24, 2.45) is 5.92 Å². The number of ketones is 1. The summed E-state index contributed by atoms with van der Waals surface area (Å²) in [4.78, 5) is 38.6. The van der Waals surface area contributed by atoms with E-state index in [1.54, 1.807) is 23.1 Å². The standard InChI is InChI=1S/C19H22N4O4/c1-14(24)17(18(25)22-9-11-27-12-10-22)13-16-7-8-23(21-16)19(26)20-15-5-3-2-4-6-15/h2-8,17H,9-13H2,1H3,(H,20,26). The number of nitrogens with zero attached hydrogens (tertiary/aromatic N) is 3. The molecule has 2 amide bonds. The summed E-state index contributed by atoms with van der Waals surface area (Å²) in [7, 11) is 0. The lowest BCUT2D eigenvalue weighted by molar-refractivity contribution is -0.143. The molecule has 1 N–H and O–H groups in total. The monoisotopic (exact) mass is 370 g/mol. The van der Waals surface area contributed by atoms with E-state index >= 15 is 0 Å². The maximum absolute atomic E-state index is 12.7. The average molecular weight is 370 g/mol. The lowest BCUT2D eigenvalue weighted by atomic mass is 9.97. The second-order valence-electron chi connectivity index (χ2n) is 6.35. The van der Waals surface area contributed by atoms with Crippen molar-refractivity contribution >= 4 is 23.4 Å². The smallest absolute Gasteiger partial charge is 0.346 e. The van der Waals surface area contributed by atoms with Crippen LogP contribution in [0.1, 0.15) is 12.6 Å². The van der Waals surface area contributed by atoms with E-state index in [0.29, 0.717) is 37.7 Å². The summed E-state index contributed by atoms with van der Waals surface area (Å²) in [6.45, 7) is 3.32. The minimum Gasteiger partial charge on any atom is -0.378 e. The highest BCUT2D eigenvalue weighted by Gasteiger charge is 2.30. The van der Waals surface area contributed by atoms with E-state index < -0.39 is 11.9 Å². The largest absolute Gasteiger partial charge is 0.378 e. The maximum atomic E-state index is 12.7. The van der Waals surface area contributed by atoms with Gasteiger partial charge in [0, 0.05) is 31.4 Å². The minimum atomic E-state index is -0.802. The zero-order chi connectivity index (χ0) is 19.2. The van der Waals surface area contributed by atoms with Crippen molar-refractivity contribution in [2.45, 2.75) is 13.3 Å². The zero-order valence-electron chi connectivity index (χ0n) is 15.1. The fraction of sp³-hybridized carbons (Fsp3) is 0.368. The number of hydrogen-bond acceptors (Lipinski definition) is 5. The summed E-state index contributed by atoms with van der Waals surface area (Å²) in [6, 6.07) is 10.3. The van der Waals surface area contributed by atoms with Crippen LogP contribution in [0.2, 0.25) is 0 Å². The van der Waals surface area contributed by atoms with Gasteiger partial charge >= 0.3 is 6.03 Å². The van der Waals surface area contributed by atoms with Gasteiger partial charge in [0.05, 0.1) is 18.9 Å². The Bertz CT molecular complexity index is 812. The van der Waals surface area contributed by atoms with E-state index in [-0.39, 0.29) is 18.1 Å². The van der Waals surface area contributed by atoms with Crippen LogP contribution in [0.4, 0.5) is 10.5 Å². The number of carbonyl (C=O) groups excluding carboxylic acids is 3. The third-order valence-corrected chi connectivity index (χ3v) is 4.40. The Balaban J connectivity index is 1.66. The molecule has 1 saturated heterocycles. The van der Waals surface area contributed by atoms with E-state index in [0.717, 1.165) is 0 Å². The normalized spacial score (nSPS) is 15.2. The quantitative estimate of drug-likeness (QED) is 0.807. The first-order valence-corrected chi connectivity index (χ1v) is 8.82. The van der Waals surface area contributed by atoms with Gasteiger partial charge in [-0.1, -0.05) is 18.2 Å². The second-order valence-corrected chi connectivity index (χ2v) is 6.35. The summed E-state index contributed by atoms with van der Waals surface area (Å²) in [5, 5.41) is 6.94. The number of amides is 2. The van der Waals surface area contributed by atoms with Gasteiger partial charge in [-0.25, -0.2) is 4.79 Å². The van der Waals surface area contributed by atoms with Crippen LogP contribution in [0.25, 0.3) is 0 Å². The first-order chi connectivity index (χ1) is 13.0. The highest BCUT2D eigenvalue weighted by molar-refractivity contribution is 6.00. The average Bonchev–Trinajstić information content (AvgIpc) is 3.16. The van der Waals surface area contributed by atoms with Crippen LogP contribution < -0.4 is 5.32 Å². The molecule has 8 nitrogen and oxygen atoms in total. The lowest BCUT2D eigenvalue weighted by Crippen LogP contribution is -2.45. The van der Waals surface area contributed by atoms with Crippen LogP contribution in [0.15, 0.2) is 42.6 Å². The number of aromatic nitrogens is 2. The molecule has 1 aromatic heterocycles. The number of benzene rings is 1. The molecule has 1 unspecified atom stereocenters. The van der Waals surface area contributed by atoms with Gasteiger partial charge in [-0.3, -0.25) is 9.59 Å². The van der Waals surface area contributed by atoms with E-state index in [9.17, 15) is 14.4 Å². The molecule has 0 bridgehead atoms. The molecular weight excluding hydrogens is 348 g/mol. The van der Waals surface area contributed by atoms with E-state index in [2.05, 4.69) is 10.4 Å². The number of nitrogens with one attached hydrogen (secondary N) is 1. The molecular formula is C19H22N4O4. The Labute approximate surface area is 157 Å². The van der Waals surface area contributed by atoms with Gasteiger partial charge in [0.15, 0.2) is 0 Å². The predicted octanol–water partition coefficient (Wildman–Crippen LogP) is 1.57. The van der Waals surface area contributed by atoms with Gasteiger partial charge in [-0.05, 0) is 25.1 Å². The third kappa shape index (κ3) is 4.79. The molecule has 0 spiro atoms. The van der Waals surface area contributed by atoms with Gasteiger partial charge < -0.3 is 15.0 Å². The molecule has 0 radical (unpaired) electrons. The van der Waals surface area contributed by atoms with Crippen LogP contribution >= 0.6 is 0 Å². The molecule has 27 heavy (non-hydrogen) atoms. The molecule has 1 fully saturated rings. The highest BCUT2D eigenvalue weighted by Crippen LogP contribution is 2.14. The molecule has 0 saturated carbocycles. The zero-order valence-corrected chi connectivity index (χ0v) is 15.1. The molecule has 1 atom stereocenters. The number of para-hydroxylation sites is 1. The number of anilines is 1. The number of ether oxygens (including phenoxy) is 1. The Kier molecular flexibility index (Phi) is 5.97. The Hall–Kier alpha value is -3.00. The van der Waals surface area contributed by atoms with E-state index in [4.69, 9.17) is 4.74 Å². The minimum absolute atomic E-state index is 0.164. The summed E-state index contributed by atoms with van der Waals surface area (Å²) in [6.07, 6.45) is 1.68. The van der Waals surface area contributed by atoms with Gasteiger partial charge in [0.2, 0.25) is 5.91 Å². The first kappa shape index (κ1) is 18.8. The molecule has 2 aromatic rings. The lowest BCUT2D eigenvalue weighted by Gasteiger charge is -2.29. The van der Waals surface area contributed by atoms with Crippen LogP contribution in [0.3, 0.4) is 0 Å². The molecule has 1 aromatic carbocycles. The third-order valence-electron chi connectivity index (χ3n) is 4.40. The number of carbonyl (C=O) groups is 3. The molecule has 2 heterocycles.